The first kappa shape index (κ1) is 16.4. The maximum atomic E-state index is 12.5. The molecule has 0 aromatic carbocycles. The Kier molecular flexibility index (Phi) is 5.66. The molecular formula is C14H30N2O. The van der Waals surface area contributed by atoms with E-state index in [0.717, 1.165) is 19.5 Å². The molecule has 102 valence electrons. The quantitative estimate of drug-likeness (QED) is 0.778. The van der Waals surface area contributed by atoms with Crippen molar-refractivity contribution in [2.45, 2.75) is 60.4 Å². The number of hydrogen-bond acceptors (Lipinski definition) is 2. The van der Waals surface area contributed by atoms with Crippen LogP contribution in [-0.2, 0) is 4.79 Å². The fourth-order valence-corrected chi connectivity index (χ4v) is 1.53. The van der Waals surface area contributed by atoms with Gasteiger partial charge < -0.3 is 10.6 Å². The molecule has 0 aliphatic rings. The topological polar surface area (TPSA) is 46.3 Å². The first-order valence-electron chi connectivity index (χ1n) is 6.66. The van der Waals surface area contributed by atoms with Crippen molar-refractivity contribution >= 4 is 5.91 Å². The molecule has 0 heterocycles. The van der Waals surface area contributed by atoms with Gasteiger partial charge >= 0.3 is 0 Å². The highest BCUT2D eigenvalue weighted by Crippen LogP contribution is 2.30. The van der Waals surface area contributed by atoms with Gasteiger partial charge in [0.1, 0.15) is 0 Å². The fourth-order valence-electron chi connectivity index (χ4n) is 1.53. The van der Waals surface area contributed by atoms with E-state index in [1.165, 1.54) is 0 Å². The van der Waals surface area contributed by atoms with E-state index in [-0.39, 0.29) is 5.91 Å². The highest BCUT2D eigenvalue weighted by Gasteiger charge is 2.42. The van der Waals surface area contributed by atoms with Crippen LogP contribution in [0.5, 0.6) is 0 Å². The summed E-state index contributed by atoms with van der Waals surface area (Å²) in [5.74, 6) is 0.698. The van der Waals surface area contributed by atoms with Crippen molar-refractivity contribution in [3.8, 4) is 0 Å². The molecule has 3 heteroatoms. The van der Waals surface area contributed by atoms with Crippen LogP contribution in [0.1, 0.15) is 54.9 Å². The van der Waals surface area contributed by atoms with Gasteiger partial charge in [0.2, 0.25) is 5.91 Å². The van der Waals surface area contributed by atoms with Crippen LogP contribution in [0.4, 0.5) is 0 Å². The molecule has 2 N–H and O–H groups in total. The molecule has 0 saturated heterocycles. The second kappa shape index (κ2) is 5.85. The molecule has 0 aliphatic heterocycles. The first-order valence-corrected chi connectivity index (χ1v) is 6.66. The Balaban J connectivity index is 4.87. The Morgan fingerprint density at radius 3 is 2.00 bits per heavy atom. The summed E-state index contributed by atoms with van der Waals surface area (Å²) in [7, 11) is 0. The summed E-state index contributed by atoms with van der Waals surface area (Å²) in [5.41, 5.74) is 5.08. The molecule has 0 saturated carbocycles. The minimum Gasteiger partial charge on any atom is -0.342 e. The zero-order valence-corrected chi connectivity index (χ0v) is 12.6. The van der Waals surface area contributed by atoms with Crippen molar-refractivity contribution < 1.29 is 4.79 Å². The van der Waals surface area contributed by atoms with Crippen LogP contribution >= 0.6 is 0 Å². The normalized spacial score (nSPS) is 14.6. The zero-order valence-electron chi connectivity index (χ0n) is 12.6. The Hall–Kier alpha value is -0.570. The molecule has 0 spiro atoms. The van der Waals surface area contributed by atoms with Gasteiger partial charge in [0.05, 0.1) is 5.41 Å². The Morgan fingerprint density at radius 2 is 1.71 bits per heavy atom. The third-order valence-corrected chi connectivity index (χ3v) is 4.04. The zero-order chi connectivity index (χ0) is 13.9. The standard InChI is InChI=1S/C14H30N2O/c1-8-11(3)10-16(9-2)12(17)13(4,5)14(6,7)15/h11H,8-10,15H2,1-7H3. The molecule has 1 amide bonds. The van der Waals surface area contributed by atoms with Crippen molar-refractivity contribution in [2.24, 2.45) is 17.1 Å². The fraction of sp³-hybridized carbons (Fsp3) is 0.929. The van der Waals surface area contributed by atoms with Crippen molar-refractivity contribution in [2.75, 3.05) is 13.1 Å². The van der Waals surface area contributed by atoms with Crippen LogP contribution in [0.25, 0.3) is 0 Å². The van der Waals surface area contributed by atoms with Crippen molar-refractivity contribution in [1.82, 2.24) is 4.90 Å². The van der Waals surface area contributed by atoms with Crippen LogP contribution in [-0.4, -0.2) is 29.4 Å². The molecule has 1 atom stereocenters. The maximum absolute atomic E-state index is 12.5. The number of rotatable bonds is 6. The molecule has 3 nitrogen and oxygen atoms in total. The van der Waals surface area contributed by atoms with E-state index in [1.807, 2.05) is 39.5 Å². The van der Waals surface area contributed by atoms with Crippen LogP contribution in [0.3, 0.4) is 0 Å². The molecule has 0 radical (unpaired) electrons. The van der Waals surface area contributed by atoms with E-state index < -0.39 is 11.0 Å². The highest BCUT2D eigenvalue weighted by molar-refractivity contribution is 5.83. The minimum absolute atomic E-state index is 0.160. The third kappa shape index (κ3) is 3.98. The molecule has 0 bridgehead atoms. The van der Waals surface area contributed by atoms with Crippen molar-refractivity contribution in [3.05, 3.63) is 0 Å². The van der Waals surface area contributed by atoms with E-state index in [0.29, 0.717) is 5.92 Å². The predicted octanol–water partition coefficient (Wildman–Crippen LogP) is 2.64. The first-order chi connectivity index (χ1) is 7.57. The molecule has 0 aromatic heterocycles. The van der Waals surface area contributed by atoms with Gasteiger partial charge in [0, 0.05) is 18.6 Å². The van der Waals surface area contributed by atoms with Gasteiger partial charge in [0.25, 0.3) is 0 Å². The van der Waals surface area contributed by atoms with Gasteiger partial charge in [-0.15, -0.1) is 0 Å². The number of carbonyl (C=O) groups is 1. The van der Waals surface area contributed by atoms with Crippen LogP contribution in [0.2, 0.25) is 0 Å². The molecule has 0 fully saturated rings. The second-order valence-electron chi connectivity index (χ2n) is 6.20. The van der Waals surface area contributed by atoms with Crippen LogP contribution in [0, 0.1) is 11.3 Å². The van der Waals surface area contributed by atoms with Gasteiger partial charge in [-0.1, -0.05) is 20.3 Å². The van der Waals surface area contributed by atoms with E-state index in [2.05, 4.69) is 13.8 Å². The van der Waals surface area contributed by atoms with Gasteiger partial charge in [0.15, 0.2) is 0 Å². The summed E-state index contributed by atoms with van der Waals surface area (Å²) in [6.45, 7) is 15.7. The lowest BCUT2D eigenvalue weighted by molar-refractivity contribution is -0.143. The molecular weight excluding hydrogens is 212 g/mol. The monoisotopic (exact) mass is 242 g/mol. The van der Waals surface area contributed by atoms with E-state index in [4.69, 9.17) is 5.73 Å². The third-order valence-electron chi connectivity index (χ3n) is 4.04. The summed E-state index contributed by atoms with van der Waals surface area (Å²) in [6, 6.07) is 0. The van der Waals surface area contributed by atoms with E-state index in [9.17, 15) is 4.79 Å². The molecule has 0 aromatic rings. The lowest BCUT2D eigenvalue weighted by atomic mass is 9.74. The SMILES string of the molecule is CCC(C)CN(CC)C(=O)C(C)(C)C(C)(C)N. The minimum atomic E-state index is -0.531. The van der Waals surface area contributed by atoms with E-state index in [1.54, 1.807) is 0 Å². The summed E-state index contributed by atoms with van der Waals surface area (Å²) in [5, 5.41) is 0. The number of nitrogens with zero attached hydrogens (tertiary/aromatic N) is 1. The highest BCUT2D eigenvalue weighted by atomic mass is 16.2. The smallest absolute Gasteiger partial charge is 0.230 e. The summed E-state index contributed by atoms with van der Waals surface area (Å²) < 4.78 is 0. The van der Waals surface area contributed by atoms with Gasteiger partial charge in [-0.25, -0.2) is 0 Å². The Labute approximate surface area is 107 Å². The number of amides is 1. The van der Waals surface area contributed by atoms with Gasteiger partial charge in [-0.05, 0) is 40.5 Å². The van der Waals surface area contributed by atoms with Crippen molar-refractivity contribution in [3.63, 3.8) is 0 Å². The van der Waals surface area contributed by atoms with Gasteiger partial charge in [-0.2, -0.15) is 0 Å². The average molecular weight is 242 g/mol. The number of nitrogens with two attached hydrogens (primary N) is 1. The Morgan fingerprint density at radius 1 is 1.24 bits per heavy atom. The molecule has 17 heavy (non-hydrogen) atoms. The lowest BCUT2D eigenvalue weighted by Gasteiger charge is -2.41. The summed E-state index contributed by atoms with van der Waals surface area (Å²) in [6.07, 6.45) is 1.09. The second-order valence-corrected chi connectivity index (χ2v) is 6.20. The number of hydrogen-bond donors (Lipinski definition) is 1. The predicted molar refractivity (Wildman–Crippen MR) is 73.8 cm³/mol. The average Bonchev–Trinajstić information content (AvgIpc) is 2.22. The maximum Gasteiger partial charge on any atom is 0.230 e. The van der Waals surface area contributed by atoms with Crippen LogP contribution < -0.4 is 5.73 Å². The van der Waals surface area contributed by atoms with Gasteiger partial charge in [-0.3, -0.25) is 4.79 Å². The lowest BCUT2D eigenvalue weighted by Crippen LogP contribution is -2.57. The summed E-state index contributed by atoms with van der Waals surface area (Å²) in [4.78, 5) is 14.5. The van der Waals surface area contributed by atoms with Crippen LogP contribution in [0.15, 0.2) is 0 Å². The molecule has 0 aliphatic carbocycles. The van der Waals surface area contributed by atoms with Crippen molar-refractivity contribution in [1.29, 1.82) is 0 Å². The Bertz CT molecular complexity index is 253. The summed E-state index contributed by atoms with van der Waals surface area (Å²) >= 11 is 0. The largest absolute Gasteiger partial charge is 0.342 e. The van der Waals surface area contributed by atoms with E-state index >= 15 is 0 Å². The number of carbonyl (C=O) groups excluding carboxylic acids is 1. The molecule has 0 rings (SSSR count). The molecule has 1 unspecified atom stereocenters.